The van der Waals surface area contributed by atoms with E-state index in [4.69, 9.17) is 15.9 Å². The Bertz CT molecular complexity index is 713. The zero-order valence-corrected chi connectivity index (χ0v) is 14.5. The van der Waals surface area contributed by atoms with Crippen LogP contribution >= 0.6 is 0 Å². The van der Waals surface area contributed by atoms with Crippen LogP contribution in [0.15, 0.2) is 48.5 Å². The highest BCUT2D eigenvalue weighted by Gasteiger charge is 2.11. The minimum atomic E-state index is -0.799. The molecule has 148 valence electrons. The van der Waals surface area contributed by atoms with E-state index in [1.165, 1.54) is 18.2 Å². The van der Waals surface area contributed by atoms with Gasteiger partial charge in [-0.25, -0.2) is 0 Å². The van der Waals surface area contributed by atoms with Gasteiger partial charge in [0.1, 0.15) is 0 Å². The maximum atomic E-state index is 12.4. The monoisotopic (exact) mass is 383 g/mol. The van der Waals surface area contributed by atoms with Crippen LogP contribution in [0.4, 0.5) is 15.8 Å². The lowest BCUT2D eigenvalue weighted by Gasteiger charge is -2.00. The van der Waals surface area contributed by atoms with E-state index in [0.29, 0.717) is 24.9 Å². The summed E-state index contributed by atoms with van der Waals surface area (Å²) in [6, 6.07) is 11.6. The first-order chi connectivity index (χ1) is 12.9. The standard InChI is InChI=1S/C9H11NO3.C6H4FNO2.C2H7NO/c11-7-3-5-8-4-1-2-6-9(8)10(12)13;7-5-3-1-2-4-6(5)8(9)10;3-1-2-4/h1-2,4,6,11H,3,5,7H2;1-4H;4H,1-3H2. The highest BCUT2D eigenvalue weighted by molar-refractivity contribution is 5.39. The zero-order chi connectivity index (χ0) is 20.7. The molecule has 0 aliphatic carbocycles. The molecule has 2 rings (SSSR count). The van der Waals surface area contributed by atoms with Crippen molar-refractivity contribution in [3.8, 4) is 0 Å². The van der Waals surface area contributed by atoms with Crippen LogP contribution in [0.2, 0.25) is 0 Å². The quantitative estimate of drug-likeness (QED) is 0.510. The van der Waals surface area contributed by atoms with Crippen LogP contribution in [-0.4, -0.2) is 39.8 Å². The Hall–Kier alpha value is -2.95. The number of benzene rings is 2. The number of para-hydroxylation sites is 2. The van der Waals surface area contributed by atoms with Crippen molar-refractivity contribution >= 4 is 11.4 Å². The SMILES string of the molecule is NCCO.O=[N+]([O-])c1ccccc1CCCO.O=[N+]([O-])c1ccccc1F. The molecule has 0 radical (unpaired) electrons. The summed E-state index contributed by atoms with van der Waals surface area (Å²) in [6.45, 7) is 0.534. The molecular formula is C17H22FN3O6. The van der Waals surface area contributed by atoms with Crippen LogP contribution in [0, 0.1) is 26.0 Å². The summed E-state index contributed by atoms with van der Waals surface area (Å²) in [4.78, 5) is 19.4. The molecule has 0 aliphatic heterocycles. The predicted molar refractivity (Wildman–Crippen MR) is 97.7 cm³/mol. The molecule has 0 atom stereocenters. The second kappa shape index (κ2) is 14.2. The number of hydrogen-bond acceptors (Lipinski definition) is 7. The number of nitrogens with zero attached hydrogens (tertiary/aromatic N) is 2. The summed E-state index contributed by atoms with van der Waals surface area (Å²) in [7, 11) is 0. The third-order valence-corrected chi connectivity index (χ3v) is 2.97. The van der Waals surface area contributed by atoms with Gasteiger partial charge in [-0.15, -0.1) is 0 Å². The van der Waals surface area contributed by atoms with E-state index in [1.807, 2.05) is 0 Å². The van der Waals surface area contributed by atoms with Crippen LogP contribution in [0.3, 0.4) is 0 Å². The van der Waals surface area contributed by atoms with Crippen LogP contribution in [0.1, 0.15) is 12.0 Å². The average Bonchev–Trinajstić information content (AvgIpc) is 2.67. The van der Waals surface area contributed by atoms with Gasteiger partial charge < -0.3 is 15.9 Å². The molecule has 4 N–H and O–H groups in total. The van der Waals surface area contributed by atoms with Crippen LogP contribution in [0.25, 0.3) is 0 Å². The Kier molecular flexibility index (Phi) is 12.7. The Morgan fingerprint density at radius 2 is 1.37 bits per heavy atom. The van der Waals surface area contributed by atoms with E-state index in [0.717, 1.165) is 12.1 Å². The summed E-state index contributed by atoms with van der Waals surface area (Å²) in [6.07, 6.45) is 1.11. The maximum absolute atomic E-state index is 12.4. The lowest BCUT2D eigenvalue weighted by molar-refractivity contribution is -0.387. The van der Waals surface area contributed by atoms with E-state index in [9.17, 15) is 24.6 Å². The summed E-state index contributed by atoms with van der Waals surface area (Å²) < 4.78 is 12.4. The number of aliphatic hydroxyl groups excluding tert-OH is 2. The Morgan fingerprint density at radius 3 is 1.78 bits per heavy atom. The molecule has 0 unspecified atom stereocenters. The van der Waals surface area contributed by atoms with Crippen molar-refractivity contribution in [3.63, 3.8) is 0 Å². The molecule has 0 bridgehead atoms. The molecule has 0 spiro atoms. The molecule has 0 aromatic heterocycles. The van der Waals surface area contributed by atoms with Crippen molar-refractivity contribution in [3.05, 3.63) is 80.1 Å². The number of nitro groups is 2. The second-order valence-corrected chi connectivity index (χ2v) is 4.93. The van der Waals surface area contributed by atoms with Gasteiger partial charge in [-0.1, -0.05) is 30.3 Å². The molecule has 0 fully saturated rings. The number of halogens is 1. The van der Waals surface area contributed by atoms with Crippen molar-refractivity contribution in [2.24, 2.45) is 5.73 Å². The normalized spacial score (nSPS) is 9.33. The van der Waals surface area contributed by atoms with E-state index in [1.54, 1.807) is 18.2 Å². The predicted octanol–water partition coefficient (Wildman–Crippen LogP) is 2.19. The molecule has 0 saturated carbocycles. The van der Waals surface area contributed by atoms with Gasteiger partial charge in [0.2, 0.25) is 5.82 Å². The van der Waals surface area contributed by atoms with E-state index in [2.05, 4.69) is 0 Å². The van der Waals surface area contributed by atoms with Crippen LogP contribution in [-0.2, 0) is 6.42 Å². The van der Waals surface area contributed by atoms with Crippen LogP contribution < -0.4 is 5.73 Å². The van der Waals surface area contributed by atoms with Crippen molar-refractivity contribution in [2.75, 3.05) is 19.8 Å². The van der Waals surface area contributed by atoms with Crippen molar-refractivity contribution in [1.82, 2.24) is 0 Å². The van der Waals surface area contributed by atoms with Crippen LogP contribution in [0.5, 0.6) is 0 Å². The Labute approximate surface area is 155 Å². The zero-order valence-electron chi connectivity index (χ0n) is 14.5. The van der Waals surface area contributed by atoms with Crippen molar-refractivity contribution in [1.29, 1.82) is 0 Å². The van der Waals surface area contributed by atoms with Gasteiger partial charge in [0, 0.05) is 30.8 Å². The molecule has 9 nitrogen and oxygen atoms in total. The first-order valence-corrected chi connectivity index (χ1v) is 7.92. The fourth-order valence-electron chi connectivity index (χ4n) is 1.77. The van der Waals surface area contributed by atoms with Gasteiger partial charge in [-0.05, 0) is 18.9 Å². The number of nitro benzene ring substituents is 2. The van der Waals surface area contributed by atoms with E-state index >= 15 is 0 Å². The van der Waals surface area contributed by atoms with Gasteiger partial charge >= 0.3 is 5.69 Å². The fraction of sp³-hybridized carbons (Fsp3) is 0.294. The van der Waals surface area contributed by atoms with E-state index in [-0.39, 0.29) is 18.9 Å². The molecule has 27 heavy (non-hydrogen) atoms. The minimum Gasteiger partial charge on any atom is -0.396 e. The minimum absolute atomic E-state index is 0.0616. The number of aryl methyl sites for hydroxylation is 1. The smallest absolute Gasteiger partial charge is 0.304 e. The number of hydrogen-bond donors (Lipinski definition) is 3. The maximum Gasteiger partial charge on any atom is 0.304 e. The fourth-order valence-corrected chi connectivity index (χ4v) is 1.77. The molecule has 10 heteroatoms. The van der Waals surface area contributed by atoms with Gasteiger partial charge in [-0.2, -0.15) is 4.39 Å². The first kappa shape index (κ1) is 24.1. The lowest BCUT2D eigenvalue weighted by Crippen LogP contribution is -2.02. The lowest BCUT2D eigenvalue weighted by atomic mass is 10.1. The Balaban J connectivity index is 0.000000428. The third-order valence-electron chi connectivity index (χ3n) is 2.97. The molecule has 2 aromatic carbocycles. The first-order valence-electron chi connectivity index (χ1n) is 7.92. The topological polar surface area (TPSA) is 153 Å². The second-order valence-electron chi connectivity index (χ2n) is 4.93. The number of aliphatic hydroxyl groups is 2. The molecule has 0 aliphatic rings. The molecular weight excluding hydrogens is 361 g/mol. The van der Waals surface area contributed by atoms with Crippen molar-refractivity contribution in [2.45, 2.75) is 12.8 Å². The molecule has 2 aromatic rings. The summed E-state index contributed by atoms with van der Waals surface area (Å²) >= 11 is 0. The summed E-state index contributed by atoms with van der Waals surface area (Å²) in [5, 5.41) is 36.9. The number of nitrogens with two attached hydrogens (primary N) is 1. The Morgan fingerprint density at radius 1 is 0.889 bits per heavy atom. The largest absolute Gasteiger partial charge is 0.396 e. The molecule has 0 saturated heterocycles. The summed E-state index contributed by atoms with van der Waals surface area (Å²) in [5.41, 5.74) is 5.11. The molecule has 0 amide bonds. The van der Waals surface area contributed by atoms with Gasteiger partial charge in [-0.3, -0.25) is 20.2 Å². The van der Waals surface area contributed by atoms with Crippen molar-refractivity contribution < 1.29 is 24.5 Å². The van der Waals surface area contributed by atoms with Gasteiger partial charge in [0.15, 0.2) is 0 Å². The highest BCUT2D eigenvalue weighted by atomic mass is 19.1. The molecule has 0 heterocycles. The van der Waals surface area contributed by atoms with Gasteiger partial charge in [0.25, 0.3) is 5.69 Å². The summed E-state index contributed by atoms with van der Waals surface area (Å²) in [5.74, 6) is -0.799. The number of rotatable bonds is 6. The third kappa shape index (κ3) is 9.94. The average molecular weight is 383 g/mol. The van der Waals surface area contributed by atoms with Gasteiger partial charge in [0.05, 0.1) is 16.5 Å². The highest BCUT2D eigenvalue weighted by Crippen LogP contribution is 2.18. The van der Waals surface area contributed by atoms with E-state index < -0.39 is 21.4 Å².